The lowest BCUT2D eigenvalue weighted by Gasteiger charge is -2.59. The number of allylic oxidation sites excluding steroid dienone is 1. The topological polar surface area (TPSA) is 118 Å². The Balaban J connectivity index is 1.66. The Labute approximate surface area is 184 Å². The molecule has 0 aromatic rings. The molecule has 8 unspecified atom stereocenters. The Hall–Kier alpha value is -1.12. The van der Waals surface area contributed by atoms with Gasteiger partial charge in [-0.15, -0.1) is 0 Å². The molecular weight excluding hydrogens is 398 g/mol. The second-order valence-corrected chi connectivity index (χ2v) is 11.0. The van der Waals surface area contributed by atoms with Gasteiger partial charge in [-0.1, -0.05) is 13.8 Å². The number of fused-ring (bicyclic) bond motifs is 5. The highest BCUT2D eigenvalue weighted by Crippen LogP contribution is 2.67. The largest absolute Gasteiger partial charge is 0.395 e. The predicted molar refractivity (Wildman–Crippen MR) is 114 cm³/mol. The molecule has 174 valence electrons. The Morgan fingerprint density at radius 2 is 1.87 bits per heavy atom. The molecule has 3 fully saturated rings. The summed E-state index contributed by atoms with van der Waals surface area (Å²) < 4.78 is 0. The van der Waals surface area contributed by atoms with Crippen molar-refractivity contribution in [3.63, 3.8) is 0 Å². The molecule has 0 spiro atoms. The summed E-state index contributed by atoms with van der Waals surface area (Å²) >= 11 is 0. The molecule has 0 aromatic heterocycles. The average Bonchev–Trinajstić information content (AvgIpc) is 2.96. The van der Waals surface area contributed by atoms with Crippen LogP contribution in [0.3, 0.4) is 0 Å². The predicted octanol–water partition coefficient (Wildman–Crippen LogP) is 0.684. The van der Waals surface area contributed by atoms with Crippen LogP contribution in [0.25, 0.3) is 0 Å². The van der Waals surface area contributed by atoms with E-state index in [-0.39, 0.29) is 48.9 Å². The number of carbonyl (C=O) groups is 2. The van der Waals surface area contributed by atoms with Crippen LogP contribution in [0.2, 0.25) is 0 Å². The van der Waals surface area contributed by atoms with E-state index in [9.17, 15) is 24.9 Å². The molecule has 8 atom stereocenters. The molecule has 0 radical (unpaired) electrons. The molecule has 4 aliphatic carbocycles. The highest BCUT2D eigenvalue weighted by molar-refractivity contribution is 5.95. The molecule has 7 nitrogen and oxygen atoms in total. The number of hydrogen-bond acceptors (Lipinski definition) is 7. The van der Waals surface area contributed by atoms with Gasteiger partial charge in [0.05, 0.1) is 31.0 Å². The lowest BCUT2D eigenvalue weighted by molar-refractivity contribution is -0.154. The van der Waals surface area contributed by atoms with Gasteiger partial charge in [-0.05, 0) is 68.6 Å². The van der Waals surface area contributed by atoms with Crippen molar-refractivity contribution in [3.8, 4) is 0 Å². The first-order valence-corrected chi connectivity index (χ1v) is 11.6. The normalized spacial score (nSPS) is 46.9. The van der Waals surface area contributed by atoms with E-state index < -0.39 is 28.6 Å². The molecule has 31 heavy (non-hydrogen) atoms. The Kier molecular flexibility index (Phi) is 5.75. The van der Waals surface area contributed by atoms with Gasteiger partial charge in [-0.3, -0.25) is 14.5 Å². The van der Waals surface area contributed by atoms with E-state index in [1.165, 1.54) is 0 Å². The van der Waals surface area contributed by atoms with Crippen LogP contribution in [0.15, 0.2) is 11.6 Å². The van der Waals surface area contributed by atoms with Crippen molar-refractivity contribution in [2.75, 3.05) is 26.7 Å². The van der Waals surface area contributed by atoms with E-state index in [1.54, 1.807) is 18.0 Å². The van der Waals surface area contributed by atoms with Crippen LogP contribution in [-0.2, 0) is 9.59 Å². The summed E-state index contributed by atoms with van der Waals surface area (Å²) in [6.45, 7) is 4.67. The minimum Gasteiger partial charge on any atom is -0.395 e. The molecule has 4 rings (SSSR count). The van der Waals surface area contributed by atoms with Crippen molar-refractivity contribution in [1.29, 1.82) is 0 Å². The molecule has 0 heterocycles. The number of ketones is 2. The Bertz CT molecular complexity index is 797. The van der Waals surface area contributed by atoms with Crippen LogP contribution in [-0.4, -0.2) is 81.4 Å². The van der Waals surface area contributed by atoms with Crippen molar-refractivity contribution < 1.29 is 30.0 Å². The van der Waals surface area contributed by atoms with Gasteiger partial charge < -0.3 is 20.4 Å². The molecule has 7 heteroatoms. The van der Waals surface area contributed by atoms with Gasteiger partial charge in [0.15, 0.2) is 11.6 Å². The number of aliphatic hydroxyl groups is 4. The molecule has 0 aliphatic heterocycles. The highest BCUT2D eigenvalue weighted by Gasteiger charge is 2.67. The van der Waals surface area contributed by atoms with Crippen molar-refractivity contribution >= 4 is 11.6 Å². The maximum atomic E-state index is 13.1. The fraction of sp³-hybridized carbons (Fsp3) is 0.833. The molecule has 4 N–H and O–H groups in total. The second-order valence-electron chi connectivity index (χ2n) is 11.0. The van der Waals surface area contributed by atoms with Gasteiger partial charge in [0.2, 0.25) is 0 Å². The van der Waals surface area contributed by atoms with Crippen molar-refractivity contribution in [1.82, 2.24) is 4.90 Å². The van der Waals surface area contributed by atoms with E-state index in [0.717, 1.165) is 12.0 Å². The van der Waals surface area contributed by atoms with Gasteiger partial charge in [0, 0.05) is 23.8 Å². The number of carbonyl (C=O) groups excluding carboxylic acids is 2. The third kappa shape index (κ3) is 3.27. The summed E-state index contributed by atoms with van der Waals surface area (Å²) in [5.74, 6) is -0.675. The van der Waals surface area contributed by atoms with Crippen LogP contribution >= 0.6 is 0 Å². The fourth-order valence-electron chi connectivity index (χ4n) is 7.51. The minimum atomic E-state index is -1.21. The lowest BCUT2D eigenvalue weighted by Crippen LogP contribution is -2.61. The maximum Gasteiger partial charge on any atom is 0.159 e. The third-order valence-electron chi connectivity index (χ3n) is 9.41. The van der Waals surface area contributed by atoms with Crippen LogP contribution in [0, 0.1) is 28.6 Å². The van der Waals surface area contributed by atoms with E-state index >= 15 is 0 Å². The third-order valence-corrected chi connectivity index (χ3v) is 9.41. The summed E-state index contributed by atoms with van der Waals surface area (Å²) in [5, 5.41) is 41.7. The van der Waals surface area contributed by atoms with E-state index in [2.05, 4.69) is 0 Å². The zero-order valence-corrected chi connectivity index (χ0v) is 18.9. The first kappa shape index (κ1) is 23.1. The molecule has 0 aromatic carbocycles. The van der Waals surface area contributed by atoms with Crippen molar-refractivity contribution in [2.45, 2.75) is 70.2 Å². The number of rotatable bonds is 5. The fourth-order valence-corrected chi connectivity index (χ4v) is 7.51. The number of likely N-dealkylation sites (N-methyl/N-ethyl adjacent to an activating group) is 1. The summed E-state index contributed by atoms with van der Waals surface area (Å²) in [4.78, 5) is 28.1. The van der Waals surface area contributed by atoms with Gasteiger partial charge >= 0.3 is 0 Å². The summed E-state index contributed by atoms with van der Waals surface area (Å²) in [6, 6.07) is 0. The smallest absolute Gasteiger partial charge is 0.159 e. The first-order valence-electron chi connectivity index (χ1n) is 11.6. The van der Waals surface area contributed by atoms with E-state index in [1.807, 2.05) is 13.8 Å². The SMILES string of the molecule is CN(CCO)CC(=O)C1CCC2(O)C3=CC(=O)C4CC(O)C(O)CC4(C)C3CCC12C. The van der Waals surface area contributed by atoms with Crippen molar-refractivity contribution in [3.05, 3.63) is 11.6 Å². The molecule has 4 aliphatic rings. The molecule has 3 saturated carbocycles. The van der Waals surface area contributed by atoms with Gasteiger partial charge in [-0.25, -0.2) is 0 Å². The number of aliphatic hydroxyl groups excluding tert-OH is 3. The molecular formula is C24H37NO6. The lowest BCUT2D eigenvalue weighted by atomic mass is 9.46. The molecule has 0 bridgehead atoms. The number of Topliss-reactive ketones (excluding diaryl/α,β-unsaturated/α-hetero) is 1. The zero-order valence-electron chi connectivity index (χ0n) is 18.9. The Morgan fingerprint density at radius 1 is 1.16 bits per heavy atom. The number of nitrogens with zero attached hydrogens (tertiary/aromatic N) is 1. The van der Waals surface area contributed by atoms with Crippen LogP contribution < -0.4 is 0 Å². The summed E-state index contributed by atoms with van der Waals surface area (Å²) in [6.07, 6.45) is 2.92. The van der Waals surface area contributed by atoms with Gasteiger partial charge in [0.1, 0.15) is 0 Å². The molecule has 0 saturated heterocycles. The maximum absolute atomic E-state index is 13.1. The van der Waals surface area contributed by atoms with Gasteiger partial charge in [0.25, 0.3) is 0 Å². The van der Waals surface area contributed by atoms with E-state index in [4.69, 9.17) is 5.11 Å². The van der Waals surface area contributed by atoms with Crippen LogP contribution in [0.5, 0.6) is 0 Å². The standard InChI is InChI=1S/C24H37NO6/c1-22-12-20(29)19(28)11-17(22)18(27)10-16-14(22)4-6-23(2)15(5-7-24(16,23)31)21(30)13-25(3)8-9-26/h10,14-15,17,19-20,26,28-29,31H,4-9,11-13H2,1-3H3. The van der Waals surface area contributed by atoms with Gasteiger partial charge in [-0.2, -0.15) is 0 Å². The monoisotopic (exact) mass is 435 g/mol. The summed E-state index contributed by atoms with van der Waals surface area (Å²) in [5.41, 5.74) is -1.60. The van der Waals surface area contributed by atoms with Crippen molar-refractivity contribution in [2.24, 2.45) is 28.6 Å². The summed E-state index contributed by atoms with van der Waals surface area (Å²) in [7, 11) is 1.81. The highest BCUT2D eigenvalue weighted by atomic mass is 16.3. The second kappa shape index (κ2) is 7.73. The number of hydrogen-bond donors (Lipinski definition) is 4. The zero-order chi connectivity index (χ0) is 22.8. The van der Waals surface area contributed by atoms with Crippen LogP contribution in [0.4, 0.5) is 0 Å². The Morgan fingerprint density at radius 3 is 2.55 bits per heavy atom. The van der Waals surface area contributed by atoms with E-state index in [0.29, 0.717) is 32.2 Å². The average molecular weight is 436 g/mol. The van der Waals surface area contributed by atoms with Crippen LogP contribution in [0.1, 0.15) is 52.4 Å². The molecule has 0 amide bonds. The quantitative estimate of drug-likeness (QED) is 0.502. The minimum absolute atomic E-state index is 0.00731. The first-order chi connectivity index (χ1) is 14.5.